The van der Waals surface area contributed by atoms with Gasteiger partial charge in [0.2, 0.25) is 5.88 Å². The number of piperidine rings is 1. The van der Waals surface area contributed by atoms with Crippen LogP contribution in [0.15, 0.2) is 83.7 Å². The van der Waals surface area contributed by atoms with Crippen LogP contribution in [0.2, 0.25) is 0 Å². The number of hydrogen-bond donors (Lipinski definition) is 1. The van der Waals surface area contributed by atoms with Crippen molar-refractivity contribution in [1.29, 1.82) is 0 Å². The Morgan fingerprint density at radius 3 is 2.44 bits per heavy atom. The second-order valence-corrected chi connectivity index (χ2v) is 13.3. The zero-order valence-electron chi connectivity index (χ0n) is 26.8. The van der Waals surface area contributed by atoms with Gasteiger partial charge in [-0.1, -0.05) is 30.3 Å². The molecule has 1 saturated heterocycles. The quantitative estimate of drug-likeness (QED) is 0.180. The first-order valence-electron chi connectivity index (χ1n) is 15.9. The molecule has 48 heavy (non-hydrogen) atoms. The smallest absolute Gasteiger partial charge is 0.408 e. The van der Waals surface area contributed by atoms with Crippen LogP contribution in [0.4, 0.5) is 9.18 Å². The minimum absolute atomic E-state index is 0.0533. The summed E-state index contributed by atoms with van der Waals surface area (Å²) in [6, 6.07) is 21.1. The maximum absolute atomic E-state index is 13.8. The topological polar surface area (TPSA) is 111 Å². The van der Waals surface area contributed by atoms with E-state index in [2.05, 4.69) is 15.4 Å². The SMILES string of the molecule is CCn1nc(-c2cscn2)cc1C(=O)N1C[C@@H]2C(Oc3cc(C(C)(C)NC(=O)OCc4ccccc4)cc(-c4ccc(F)cc4)n3)[C@@H]2C1. The number of hydrogen-bond acceptors (Lipinski definition) is 8. The number of pyridine rings is 1. The lowest BCUT2D eigenvalue weighted by Gasteiger charge is -2.27. The summed E-state index contributed by atoms with van der Waals surface area (Å²) in [6.07, 6.45) is -0.664. The molecule has 246 valence electrons. The van der Waals surface area contributed by atoms with E-state index in [1.165, 1.54) is 23.5 Å². The summed E-state index contributed by atoms with van der Waals surface area (Å²) in [6.45, 7) is 7.57. The van der Waals surface area contributed by atoms with Gasteiger partial charge in [-0.25, -0.2) is 19.2 Å². The normalized spacial score (nSPS) is 18.3. The number of amides is 2. The summed E-state index contributed by atoms with van der Waals surface area (Å²) in [7, 11) is 0. The van der Waals surface area contributed by atoms with Gasteiger partial charge in [-0.2, -0.15) is 5.10 Å². The first-order valence-corrected chi connectivity index (χ1v) is 16.8. The van der Waals surface area contributed by atoms with Gasteiger partial charge in [0.1, 0.15) is 35.6 Å². The van der Waals surface area contributed by atoms with Gasteiger partial charge in [-0.3, -0.25) is 9.48 Å². The number of nitrogens with zero attached hydrogens (tertiary/aromatic N) is 5. The van der Waals surface area contributed by atoms with E-state index in [4.69, 9.17) is 14.5 Å². The zero-order valence-corrected chi connectivity index (χ0v) is 27.6. The summed E-state index contributed by atoms with van der Waals surface area (Å²) in [4.78, 5) is 37.4. The van der Waals surface area contributed by atoms with Crippen molar-refractivity contribution in [2.75, 3.05) is 13.1 Å². The lowest BCUT2D eigenvalue weighted by Crippen LogP contribution is -2.41. The summed E-state index contributed by atoms with van der Waals surface area (Å²) >= 11 is 1.49. The van der Waals surface area contributed by atoms with Gasteiger partial charge < -0.3 is 19.7 Å². The van der Waals surface area contributed by atoms with Crippen LogP contribution in [0, 0.1) is 17.7 Å². The van der Waals surface area contributed by atoms with E-state index in [0.29, 0.717) is 48.2 Å². The minimum atomic E-state index is -0.855. The number of rotatable bonds is 10. The number of halogens is 1. The first kappa shape index (κ1) is 31.5. The lowest BCUT2D eigenvalue weighted by molar-refractivity contribution is 0.0739. The van der Waals surface area contributed by atoms with Gasteiger partial charge in [-0.15, -0.1) is 11.3 Å². The number of carbonyl (C=O) groups is 2. The third kappa shape index (κ3) is 6.52. The van der Waals surface area contributed by atoms with Crippen molar-refractivity contribution in [2.45, 2.75) is 45.6 Å². The Kier molecular flexibility index (Phi) is 8.42. The maximum Gasteiger partial charge on any atom is 0.408 e. The Morgan fingerprint density at radius 2 is 1.75 bits per heavy atom. The molecule has 12 heteroatoms. The highest BCUT2D eigenvalue weighted by atomic mass is 32.1. The molecule has 1 unspecified atom stereocenters. The first-order chi connectivity index (χ1) is 23.2. The Hall–Kier alpha value is -5.10. The molecule has 2 aliphatic rings. The molecule has 4 heterocycles. The number of nitrogens with one attached hydrogen (secondary N) is 1. The molecule has 3 aromatic heterocycles. The molecule has 1 aliphatic heterocycles. The third-order valence-corrected chi connectivity index (χ3v) is 9.53. The van der Waals surface area contributed by atoms with Gasteiger partial charge in [0.15, 0.2) is 0 Å². The van der Waals surface area contributed by atoms with Gasteiger partial charge in [0, 0.05) is 48.5 Å². The minimum Gasteiger partial charge on any atom is -0.474 e. The third-order valence-electron chi connectivity index (χ3n) is 8.94. The number of ether oxygens (including phenoxy) is 2. The number of alkyl carbamates (subject to hydrolysis) is 1. The fraction of sp³-hybridized carbons (Fsp3) is 0.306. The van der Waals surface area contributed by atoms with E-state index in [-0.39, 0.29) is 36.3 Å². The van der Waals surface area contributed by atoms with E-state index >= 15 is 0 Å². The van der Waals surface area contributed by atoms with Crippen LogP contribution in [0.5, 0.6) is 5.88 Å². The van der Waals surface area contributed by atoms with Crippen LogP contribution in [-0.4, -0.2) is 55.8 Å². The molecule has 1 aliphatic carbocycles. The fourth-order valence-corrected chi connectivity index (χ4v) is 6.74. The van der Waals surface area contributed by atoms with Crippen LogP contribution in [0.25, 0.3) is 22.6 Å². The van der Waals surface area contributed by atoms with Crippen molar-refractivity contribution < 1.29 is 23.5 Å². The van der Waals surface area contributed by atoms with Crippen LogP contribution in [0.1, 0.15) is 42.4 Å². The fourth-order valence-electron chi connectivity index (χ4n) is 6.19. The lowest BCUT2D eigenvalue weighted by atomic mass is 9.93. The summed E-state index contributed by atoms with van der Waals surface area (Å²) in [5.41, 5.74) is 5.82. The van der Waals surface area contributed by atoms with Crippen LogP contribution < -0.4 is 10.1 Å². The van der Waals surface area contributed by atoms with E-state index < -0.39 is 11.6 Å². The molecule has 10 nitrogen and oxygen atoms in total. The average molecular weight is 667 g/mol. The number of aromatic nitrogens is 4. The molecule has 2 amide bonds. The van der Waals surface area contributed by atoms with Gasteiger partial charge >= 0.3 is 6.09 Å². The van der Waals surface area contributed by atoms with E-state index in [9.17, 15) is 14.0 Å². The Balaban J connectivity index is 1.05. The molecule has 2 aromatic carbocycles. The van der Waals surface area contributed by atoms with Crippen molar-refractivity contribution in [1.82, 2.24) is 30.0 Å². The average Bonchev–Trinajstić information content (AvgIpc) is 3.62. The molecule has 0 radical (unpaired) electrons. The van der Waals surface area contributed by atoms with Crippen LogP contribution in [-0.2, 0) is 23.4 Å². The number of thiazole rings is 1. The number of likely N-dealkylation sites (tertiary alicyclic amines) is 1. The Morgan fingerprint density at radius 1 is 1.00 bits per heavy atom. The van der Waals surface area contributed by atoms with E-state index in [1.807, 2.05) is 79.6 Å². The van der Waals surface area contributed by atoms with Gasteiger partial charge in [-0.05, 0) is 68.3 Å². The van der Waals surface area contributed by atoms with Crippen molar-refractivity contribution in [3.8, 4) is 28.5 Å². The molecule has 3 atom stereocenters. The van der Waals surface area contributed by atoms with Crippen LogP contribution >= 0.6 is 11.3 Å². The summed E-state index contributed by atoms with van der Waals surface area (Å²) < 4.78 is 27.4. The van der Waals surface area contributed by atoms with Crippen molar-refractivity contribution in [2.24, 2.45) is 11.8 Å². The molecule has 1 saturated carbocycles. The summed E-state index contributed by atoms with van der Waals surface area (Å²) in [5, 5.41) is 9.48. The summed E-state index contributed by atoms with van der Waals surface area (Å²) in [5.74, 6) is 0.337. The number of benzene rings is 2. The van der Waals surface area contributed by atoms with Crippen molar-refractivity contribution in [3.05, 3.63) is 106 Å². The molecule has 0 spiro atoms. The number of aryl methyl sites for hydroxylation is 1. The zero-order chi connectivity index (χ0) is 33.4. The number of fused-ring (bicyclic) bond motifs is 1. The molecular formula is C36H35FN6O4S. The van der Waals surface area contributed by atoms with E-state index in [1.54, 1.807) is 22.3 Å². The van der Waals surface area contributed by atoms with E-state index in [0.717, 1.165) is 16.8 Å². The highest BCUT2D eigenvalue weighted by Crippen LogP contribution is 2.48. The highest BCUT2D eigenvalue weighted by molar-refractivity contribution is 7.07. The van der Waals surface area contributed by atoms with Crippen LogP contribution in [0.3, 0.4) is 0 Å². The second kappa shape index (κ2) is 12.8. The molecule has 7 rings (SSSR count). The second-order valence-electron chi connectivity index (χ2n) is 12.6. The Bertz CT molecular complexity index is 1920. The predicted molar refractivity (Wildman–Crippen MR) is 179 cm³/mol. The number of carbonyl (C=O) groups excluding carboxylic acids is 2. The largest absolute Gasteiger partial charge is 0.474 e. The monoisotopic (exact) mass is 666 g/mol. The molecule has 2 fully saturated rings. The molecule has 0 bridgehead atoms. The molecule has 1 N–H and O–H groups in total. The predicted octanol–water partition coefficient (Wildman–Crippen LogP) is 6.54. The molecule has 5 aromatic rings. The van der Waals surface area contributed by atoms with Crippen molar-refractivity contribution in [3.63, 3.8) is 0 Å². The maximum atomic E-state index is 13.8. The Labute approximate surface area is 281 Å². The van der Waals surface area contributed by atoms with Gasteiger partial charge in [0.25, 0.3) is 5.91 Å². The standard InChI is InChI=1S/C36H35FN6O4S/c1-4-43-31(16-29(41-43)30-20-48-21-38-30)34(44)42-17-26-27(18-42)33(26)47-32-15-24(14-28(39-32)23-10-12-25(37)13-11-23)36(2,3)40-35(45)46-19-22-8-6-5-7-9-22/h5-16,20-21,26-27,33H,4,17-19H2,1-3H3,(H,40,45)/t26-,27+,33?. The van der Waals surface area contributed by atoms with Crippen molar-refractivity contribution >= 4 is 23.3 Å². The van der Waals surface area contributed by atoms with Gasteiger partial charge in [0.05, 0.1) is 16.7 Å². The highest BCUT2D eigenvalue weighted by Gasteiger charge is 2.59. The molecular weight excluding hydrogens is 631 g/mol.